The van der Waals surface area contributed by atoms with E-state index < -0.39 is 0 Å². The van der Waals surface area contributed by atoms with Gasteiger partial charge in [0.05, 0.1) is 6.54 Å². The highest BCUT2D eigenvalue weighted by Gasteiger charge is 2.10. The Labute approximate surface area is 114 Å². The molecule has 2 aromatic rings. The summed E-state index contributed by atoms with van der Waals surface area (Å²) >= 11 is 0. The summed E-state index contributed by atoms with van der Waals surface area (Å²) in [6, 6.07) is 11.9. The van der Waals surface area contributed by atoms with Crippen LogP contribution in [0.15, 0.2) is 36.4 Å². The molecule has 0 unspecified atom stereocenters. The molecule has 0 atom stereocenters. The largest absolute Gasteiger partial charge is 0.506 e. The van der Waals surface area contributed by atoms with Crippen molar-refractivity contribution in [3.05, 3.63) is 53.3 Å². The topological polar surface area (TPSA) is 36.4 Å². The second-order valence-electron chi connectivity index (χ2n) is 4.77. The van der Waals surface area contributed by atoms with Crippen LogP contribution in [0, 0.1) is 13.8 Å². The number of rotatable bonds is 4. The Hall–Kier alpha value is -2.03. The molecule has 0 radical (unpaired) electrons. The van der Waals surface area contributed by atoms with Crippen molar-refractivity contribution in [2.75, 3.05) is 11.4 Å². The van der Waals surface area contributed by atoms with E-state index in [4.69, 9.17) is 0 Å². The minimum atomic E-state index is 0.260. The van der Waals surface area contributed by atoms with E-state index in [0.717, 1.165) is 23.6 Å². The average Bonchev–Trinajstić information content (AvgIpc) is 2.41. The summed E-state index contributed by atoms with van der Waals surface area (Å²) in [6.07, 6.45) is 0. The molecular formula is C16H20N2O. The highest BCUT2D eigenvalue weighted by atomic mass is 16.3. The van der Waals surface area contributed by atoms with Crippen molar-refractivity contribution in [3.8, 4) is 5.75 Å². The van der Waals surface area contributed by atoms with Gasteiger partial charge in [-0.05, 0) is 45.0 Å². The van der Waals surface area contributed by atoms with Crippen LogP contribution < -0.4 is 4.90 Å². The zero-order chi connectivity index (χ0) is 13.8. The number of pyridine rings is 1. The Morgan fingerprint density at radius 2 is 1.74 bits per heavy atom. The summed E-state index contributed by atoms with van der Waals surface area (Å²) in [6.45, 7) is 7.61. The molecule has 0 spiro atoms. The fourth-order valence-electron chi connectivity index (χ4n) is 2.04. The molecule has 0 fully saturated rings. The molecule has 19 heavy (non-hydrogen) atoms. The number of nitrogens with zero attached hydrogens (tertiary/aromatic N) is 2. The lowest BCUT2D eigenvalue weighted by Gasteiger charge is -2.23. The summed E-state index contributed by atoms with van der Waals surface area (Å²) < 4.78 is 0. The summed E-state index contributed by atoms with van der Waals surface area (Å²) in [4.78, 5) is 6.61. The molecule has 0 bridgehead atoms. The van der Waals surface area contributed by atoms with Gasteiger partial charge in [0.25, 0.3) is 0 Å². The van der Waals surface area contributed by atoms with Crippen molar-refractivity contribution in [3.63, 3.8) is 0 Å². The molecule has 1 N–H and O–H groups in total. The SMILES string of the molecule is CCN(Cc1nc(C)ccc1O)c1ccc(C)cc1. The van der Waals surface area contributed by atoms with E-state index >= 15 is 0 Å². The van der Waals surface area contributed by atoms with Gasteiger partial charge in [0, 0.05) is 17.9 Å². The Kier molecular flexibility index (Phi) is 4.05. The smallest absolute Gasteiger partial charge is 0.138 e. The fourth-order valence-corrected chi connectivity index (χ4v) is 2.04. The predicted molar refractivity (Wildman–Crippen MR) is 78.5 cm³/mol. The highest BCUT2D eigenvalue weighted by molar-refractivity contribution is 5.48. The molecule has 0 saturated heterocycles. The van der Waals surface area contributed by atoms with Crippen LogP contribution >= 0.6 is 0 Å². The van der Waals surface area contributed by atoms with Crippen LogP contribution in [-0.4, -0.2) is 16.6 Å². The summed E-state index contributed by atoms with van der Waals surface area (Å²) in [5, 5.41) is 9.88. The lowest BCUT2D eigenvalue weighted by atomic mass is 10.2. The van der Waals surface area contributed by atoms with E-state index in [2.05, 4.69) is 48.0 Å². The third-order valence-corrected chi connectivity index (χ3v) is 3.21. The first-order valence-electron chi connectivity index (χ1n) is 6.57. The number of aromatic hydroxyl groups is 1. The van der Waals surface area contributed by atoms with Gasteiger partial charge >= 0.3 is 0 Å². The van der Waals surface area contributed by atoms with Gasteiger partial charge in [-0.25, -0.2) is 0 Å². The van der Waals surface area contributed by atoms with E-state index in [0.29, 0.717) is 6.54 Å². The van der Waals surface area contributed by atoms with Gasteiger partial charge < -0.3 is 10.0 Å². The first-order valence-corrected chi connectivity index (χ1v) is 6.57. The van der Waals surface area contributed by atoms with Gasteiger partial charge in [0.1, 0.15) is 11.4 Å². The van der Waals surface area contributed by atoms with Crippen molar-refractivity contribution < 1.29 is 5.11 Å². The Balaban J connectivity index is 2.23. The number of aryl methyl sites for hydroxylation is 2. The lowest BCUT2D eigenvalue weighted by Crippen LogP contribution is -2.22. The monoisotopic (exact) mass is 256 g/mol. The van der Waals surface area contributed by atoms with Crippen LogP contribution in [-0.2, 0) is 6.54 Å². The molecule has 0 amide bonds. The maximum Gasteiger partial charge on any atom is 0.138 e. The lowest BCUT2D eigenvalue weighted by molar-refractivity contribution is 0.462. The predicted octanol–water partition coefficient (Wildman–Crippen LogP) is 3.43. The zero-order valence-electron chi connectivity index (χ0n) is 11.7. The van der Waals surface area contributed by atoms with Crippen molar-refractivity contribution in [2.45, 2.75) is 27.3 Å². The Morgan fingerprint density at radius 1 is 1.05 bits per heavy atom. The molecule has 0 aliphatic carbocycles. The molecule has 3 heteroatoms. The maximum absolute atomic E-state index is 9.88. The second-order valence-corrected chi connectivity index (χ2v) is 4.77. The normalized spacial score (nSPS) is 10.5. The molecule has 2 rings (SSSR count). The van der Waals surface area contributed by atoms with Crippen LogP contribution in [0.4, 0.5) is 5.69 Å². The minimum absolute atomic E-state index is 0.260. The molecule has 1 aromatic carbocycles. The quantitative estimate of drug-likeness (QED) is 0.910. The number of benzene rings is 1. The average molecular weight is 256 g/mol. The van der Waals surface area contributed by atoms with E-state index in [1.165, 1.54) is 5.56 Å². The fraction of sp³-hybridized carbons (Fsp3) is 0.312. The third kappa shape index (κ3) is 3.25. The number of anilines is 1. The van der Waals surface area contributed by atoms with Gasteiger partial charge in [-0.1, -0.05) is 17.7 Å². The van der Waals surface area contributed by atoms with Crippen molar-refractivity contribution in [1.29, 1.82) is 0 Å². The maximum atomic E-state index is 9.88. The summed E-state index contributed by atoms with van der Waals surface area (Å²) in [5.41, 5.74) is 4.04. The highest BCUT2D eigenvalue weighted by Crippen LogP contribution is 2.21. The Morgan fingerprint density at radius 3 is 2.37 bits per heavy atom. The summed E-state index contributed by atoms with van der Waals surface area (Å²) in [7, 11) is 0. The van der Waals surface area contributed by atoms with Gasteiger partial charge in [0.2, 0.25) is 0 Å². The van der Waals surface area contributed by atoms with Gasteiger partial charge in [-0.2, -0.15) is 0 Å². The second kappa shape index (κ2) is 5.74. The van der Waals surface area contributed by atoms with E-state index in [9.17, 15) is 5.11 Å². The van der Waals surface area contributed by atoms with Crippen LogP contribution in [0.3, 0.4) is 0 Å². The minimum Gasteiger partial charge on any atom is -0.506 e. The zero-order valence-corrected chi connectivity index (χ0v) is 11.7. The van der Waals surface area contributed by atoms with Crippen LogP contribution in [0.1, 0.15) is 23.9 Å². The molecule has 1 heterocycles. The molecule has 3 nitrogen and oxygen atoms in total. The molecular weight excluding hydrogens is 236 g/mol. The Bertz CT molecular complexity index is 549. The van der Waals surface area contributed by atoms with Crippen LogP contribution in [0.5, 0.6) is 5.75 Å². The van der Waals surface area contributed by atoms with Gasteiger partial charge in [-0.15, -0.1) is 0 Å². The van der Waals surface area contributed by atoms with Gasteiger partial charge in [-0.3, -0.25) is 4.98 Å². The van der Waals surface area contributed by atoms with Crippen molar-refractivity contribution in [1.82, 2.24) is 4.98 Å². The van der Waals surface area contributed by atoms with E-state index in [1.54, 1.807) is 6.07 Å². The van der Waals surface area contributed by atoms with E-state index in [-0.39, 0.29) is 5.75 Å². The third-order valence-electron chi connectivity index (χ3n) is 3.21. The summed E-state index contributed by atoms with van der Waals surface area (Å²) in [5.74, 6) is 0.260. The van der Waals surface area contributed by atoms with Crippen LogP contribution in [0.2, 0.25) is 0 Å². The van der Waals surface area contributed by atoms with Gasteiger partial charge in [0.15, 0.2) is 0 Å². The van der Waals surface area contributed by atoms with Crippen LogP contribution in [0.25, 0.3) is 0 Å². The number of hydrogen-bond donors (Lipinski definition) is 1. The molecule has 0 aliphatic heterocycles. The number of aromatic nitrogens is 1. The van der Waals surface area contributed by atoms with Crippen molar-refractivity contribution in [2.24, 2.45) is 0 Å². The molecule has 0 saturated carbocycles. The number of hydrogen-bond acceptors (Lipinski definition) is 3. The van der Waals surface area contributed by atoms with E-state index in [1.807, 2.05) is 13.0 Å². The molecule has 1 aromatic heterocycles. The first kappa shape index (κ1) is 13.4. The molecule has 100 valence electrons. The van der Waals surface area contributed by atoms with Crippen molar-refractivity contribution >= 4 is 5.69 Å². The first-order chi connectivity index (χ1) is 9.10. The molecule has 0 aliphatic rings. The standard InChI is InChI=1S/C16H20N2O/c1-4-18(14-8-5-12(2)6-9-14)11-15-16(19)10-7-13(3)17-15/h5-10,19H,4,11H2,1-3H3.